The van der Waals surface area contributed by atoms with Crippen LogP contribution in [0, 0.1) is 11.8 Å². The summed E-state index contributed by atoms with van der Waals surface area (Å²) in [6, 6.07) is 4.01. The van der Waals surface area contributed by atoms with Gasteiger partial charge in [-0.3, -0.25) is 0 Å². The molecule has 1 aromatic carbocycles. The van der Waals surface area contributed by atoms with Gasteiger partial charge in [0.15, 0.2) is 0 Å². The third kappa shape index (κ3) is 12.2. The van der Waals surface area contributed by atoms with Crippen LogP contribution in [0.5, 0.6) is 11.5 Å². The molecule has 0 amide bonds. The number of hydrogen-bond acceptors (Lipinski definition) is 2. The molecule has 0 N–H and O–H groups in total. The minimum Gasteiger partial charge on any atom is -0.493 e. The quantitative estimate of drug-likeness (QED) is 0.172. The monoisotopic (exact) mass is 482 g/mol. The topological polar surface area (TPSA) is 18.5 Å². The molecule has 2 atom stereocenters. The van der Waals surface area contributed by atoms with Gasteiger partial charge in [0.1, 0.15) is 11.5 Å². The van der Waals surface area contributed by atoms with Crippen LogP contribution in [0.25, 0.3) is 0 Å². The van der Waals surface area contributed by atoms with Gasteiger partial charge in [-0.2, -0.15) is 0 Å². The average Bonchev–Trinajstić information content (AvgIpc) is 2.73. The summed E-state index contributed by atoms with van der Waals surface area (Å²) >= 11 is 12.5. The molecule has 1 aromatic rings. The number of allylic oxidation sites excluding steroid dienone is 4. The first-order chi connectivity index (χ1) is 15.3. The molecular weight excluding hydrogens is 439 g/mol. The molecule has 2 nitrogen and oxygen atoms in total. The molecule has 0 saturated carbocycles. The van der Waals surface area contributed by atoms with Gasteiger partial charge in [0.05, 0.1) is 25.0 Å². The molecule has 0 aromatic heterocycles. The van der Waals surface area contributed by atoms with Crippen molar-refractivity contribution in [2.24, 2.45) is 11.8 Å². The summed E-state index contributed by atoms with van der Waals surface area (Å²) < 4.78 is 12.2. The fourth-order valence-corrected chi connectivity index (χ4v) is 3.88. The molecule has 0 bridgehead atoms. The van der Waals surface area contributed by atoms with Crippen LogP contribution < -0.4 is 9.47 Å². The Morgan fingerprint density at radius 3 is 1.41 bits per heavy atom. The summed E-state index contributed by atoms with van der Waals surface area (Å²) in [5.74, 6) is 3.69. The minimum absolute atomic E-state index is 0.392. The first kappa shape index (κ1) is 28.9. The standard InChI is InChI=1S/C28H44Cl2O2/c1-21(2)9-7-11-23(5)13-15-31-27-17-26(20-30)28(18-25(27)19-29)32-16-14-24(6)12-8-10-22(3)4/h9-10,17-18,23-24H,7-8,11-16,19-20H2,1-6H3. The highest BCUT2D eigenvalue weighted by Gasteiger charge is 2.13. The number of ether oxygens (including phenoxy) is 2. The Hall–Kier alpha value is -1.12. The van der Waals surface area contributed by atoms with Crippen molar-refractivity contribution >= 4 is 23.2 Å². The van der Waals surface area contributed by atoms with E-state index < -0.39 is 0 Å². The smallest absolute Gasteiger partial charge is 0.124 e. The maximum absolute atomic E-state index is 6.23. The molecule has 0 spiro atoms. The second kappa shape index (κ2) is 16.5. The van der Waals surface area contributed by atoms with Crippen LogP contribution in [0.3, 0.4) is 0 Å². The van der Waals surface area contributed by atoms with Gasteiger partial charge < -0.3 is 9.47 Å². The van der Waals surface area contributed by atoms with Crippen LogP contribution >= 0.6 is 23.2 Å². The first-order valence-corrected chi connectivity index (χ1v) is 13.1. The van der Waals surface area contributed by atoms with Crippen LogP contribution in [0.2, 0.25) is 0 Å². The van der Waals surface area contributed by atoms with Crippen LogP contribution in [0.15, 0.2) is 35.4 Å². The second-order valence-corrected chi connectivity index (χ2v) is 10.1. The van der Waals surface area contributed by atoms with Crippen LogP contribution in [0.4, 0.5) is 0 Å². The van der Waals surface area contributed by atoms with Crippen LogP contribution in [-0.2, 0) is 11.8 Å². The lowest BCUT2D eigenvalue weighted by Gasteiger charge is -2.18. The first-order valence-electron chi connectivity index (χ1n) is 12.1. The van der Waals surface area contributed by atoms with E-state index >= 15 is 0 Å². The molecule has 4 heteroatoms. The van der Waals surface area contributed by atoms with Crippen molar-refractivity contribution in [1.29, 1.82) is 0 Å². The van der Waals surface area contributed by atoms with E-state index in [9.17, 15) is 0 Å². The Balaban J connectivity index is 2.60. The Bertz CT molecular complexity index is 655. The van der Waals surface area contributed by atoms with Crippen molar-refractivity contribution < 1.29 is 9.47 Å². The average molecular weight is 484 g/mol. The normalized spacial score (nSPS) is 12.8. The second-order valence-electron chi connectivity index (χ2n) is 9.54. The van der Waals surface area contributed by atoms with E-state index in [1.54, 1.807) is 0 Å². The van der Waals surface area contributed by atoms with Gasteiger partial charge in [-0.15, -0.1) is 23.2 Å². The molecule has 0 aliphatic heterocycles. The molecule has 1 rings (SSSR count). The zero-order valence-electron chi connectivity index (χ0n) is 21.1. The SMILES string of the molecule is CC(C)=CCCC(C)CCOc1cc(CCl)c(OCCC(C)CCC=C(C)C)cc1CCl. The predicted molar refractivity (Wildman–Crippen MR) is 141 cm³/mol. The van der Waals surface area contributed by atoms with E-state index in [0.29, 0.717) is 36.8 Å². The molecule has 32 heavy (non-hydrogen) atoms. The fraction of sp³-hybridized carbons (Fsp3) is 0.643. The maximum atomic E-state index is 6.23. The predicted octanol–water partition coefficient (Wildman–Crippen LogP) is 9.47. The van der Waals surface area contributed by atoms with Gasteiger partial charge in [0.2, 0.25) is 0 Å². The largest absolute Gasteiger partial charge is 0.493 e. The van der Waals surface area contributed by atoms with Gasteiger partial charge in [-0.05, 0) is 90.2 Å². The summed E-state index contributed by atoms with van der Waals surface area (Å²) in [6.07, 6.45) is 11.3. The maximum Gasteiger partial charge on any atom is 0.124 e. The molecule has 0 aliphatic carbocycles. The van der Waals surface area contributed by atoms with Crippen LogP contribution in [0.1, 0.15) is 91.2 Å². The molecule has 182 valence electrons. The van der Waals surface area contributed by atoms with Crippen molar-refractivity contribution in [2.75, 3.05) is 13.2 Å². The third-order valence-corrected chi connectivity index (χ3v) is 6.27. The molecule has 0 heterocycles. The molecule has 0 saturated heterocycles. The Morgan fingerprint density at radius 2 is 1.09 bits per heavy atom. The van der Waals surface area contributed by atoms with E-state index in [4.69, 9.17) is 32.7 Å². The molecular formula is C28H44Cl2O2. The van der Waals surface area contributed by atoms with Crippen molar-refractivity contribution in [3.63, 3.8) is 0 Å². The lowest BCUT2D eigenvalue weighted by atomic mass is 10.0. The number of hydrogen-bond donors (Lipinski definition) is 0. The highest BCUT2D eigenvalue weighted by Crippen LogP contribution is 2.32. The number of alkyl halides is 2. The number of halogens is 2. The van der Waals surface area contributed by atoms with Crippen molar-refractivity contribution in [3.8, 4) is 11.5 Å². The van der Waals surface area contributed by atoms with Crippen LogP contribution in [-0.4, -0.2) is 13.2 Å². The van der Waals surface area contributed by atoms with Crippen molar-refractivity contribution in [3.05, 3.63) is 46.6 Å². The fourth-order valence-electron chi connectivity index (χ4n) is 3.46. The van der Waals surface area contributed by atoms with E-state index in [2.05, 4.69) is 53.7 Å². The molecule has 0 fully saturated rings. The zero-order chi connectivity index (χ0) is 23.9. The minimum atomic E-state index is 0.392. The van der Waals surface area contributed by atoms with Gasteiger partial charge in [0, 0.05) is 11.1 Å². The van der Waals surface area contributed by atoms with E-state index in [0.717, 1.165) is 48.3 Å². The Morgan fingerprint density at radius 1 is 0.719 bits per heavy atom. The molecule has 2 unspecified atom stereocenters. The highest BCUT2D eigenvalue weighted by atomic mass is 35.5. The molecule has 0 aliphatic rings. The molecule has 0 radical (unpaired) electrons. The highest BCUT2D eigenvalue weighted by molar-refractivity contribution is 6.18. The number of benzene rings is 1. The van der Waals surface area contributed by atoms with E-state index in [1.165, 1.54) is 24.0 Å². The van der Waals surface area contributed by atoms with Gasteiger partial charge in [-0.25, -0.2) is 0 Å². The third-order valence-electron chi connectivity index (χ3n) is 5.69. The Labute approximate surface area is 207 Å². The summed E-state index contributed by atoms with van der Waals surface area (Å²) in [5, 5.41) is 0. The zero-order valence-corrected chi connectivity index (χ0v) is 22.6. The summed E-state index contributed by atoms with van der Waals surface area (Å²) in [4.78, 5) is 0. The Kier molecular flexibility index (Phi) is 14.9. The summed E-state index contributed by atoms with van der Waals surface area (Å²) in [5.41, 5.74) is 4.69. The van der Waals surface area contributed by atoms with E-state index in [-0.39, 0.29) is 0 Å². The lowest BCUT2D eigenvalue weighted by molar-refractivity contribution is 0.270. The van der Waals surface area contributed by atoms with Crippen molar-refractivity contribution in [1.82, 2.24) is 0 Å². The van der Waals surface area contributed by atoms with Gasteiger partial charge in [0.25, 0.3) is 0 Å². The van der Waals surface area contributed by atoms with Gasteiger partial charge in [-0.1, -0.05) is 37.1 Å². The van der Waals surface area contributed by atoms with Gasteiger partial charge >= 0.3 is 0 Å². The van der Waals surface area contributed by atoms with Crippen molar-refractivity contribution in [2.45, 2.75) is 91.8 Å². The number of rotatable bonds is 16. The summed E-state index contributed by atoms with van der Waals surface area (Å²) in [6.45, 7) is 14.5. The lowest BCUT2D eigenvalue weighted by Crippen LogP contribution is -2.08. The van der Waals surface area contributed by atoms with E-state index in [1.807, 2.05) is 12.1 Å². The summed E-state index contributed by atoms with van der Waals surface area (Å²) in [7, 11) is 0.